The molecule has 2 aromatic rings. The number of aryl methyl sites for hydroxylation is 2. The quantitative estimate of drug-likeness (QED) is 0.377. The Balaban J connectivity index is 0.00000152. The number of aromatic nitrogens is 2. The molecule has 4 rings (SSSR count). The molecule has 5 heteroatoms. The summed E-state index contributed by atoms with van der Waals surface area (Å²) < 4.78 is 0. The van der Waals surface area contributed by atoms with Crippen molar-refractivity contribution in [3.05, 3.63) is 74.0 Å². The van der Waals surface area contributed by atoms with Crippen molar-refractivity contribution in [1.82, 2.24) is 19.8 Å². The van der Waals surface area contributed by atoms with E-state index in [1.807, 2.05) is 12.4 Å². The van der Waals surface area contributed by atoms with Gasteiger partial charge >= 0.3 is 17.1 Å². The van der Waals surface area contributed by atoms with Crippen LogP contribution >= 0.6 is 0 Å². The molecule has 0 bridgehead atoms. The maximum absolute atomic E-state index is 4.70. The van der Waals surface area contributed by atoms with E-state index >= 15 is 0 Å². The van der Waals surface area contributed by atoms with E-state index in [0.29, 0.717) is 24.2 Å². The molecule has 0 amide bonds. The van der Waals surface area contributed by atoms with Crippen LogP contribution in [-0.2, 0) is 17.1 Å². The van der Waals surface area contributed by atoms with Gasteiger partial charge in [0.15, 0.2) is 0 Å². The van der Waals surface area contributed by atoms with Crippen molar-refractivity contribution in [3.63, 3.8) is 0 Å². The number of hydrogen-bond acceptors (Lipinski definition) is 4. The Morgan fingerprint density at radius 1 is 0.719 bits per heavy atom. The topological polar surface area (TPSA) is 32.3 Å². The van der Waals surface area contributed by atoms with Crippen LogP contribution in [-0.4, -0.2) is 45.9 Å². The first-order valence-electron chi connectivity index (χ1n) is 11.2. The zero-order valence-corrected chi connectivity index (χ0v) is 22.6. The predicted molar refractivity (Wildman–Crippen MR) is 134 cm³/mol. The molecular weight excluding hydrogens is 436 g/mol. The number of pyridine rings is 2. The van der Waals surface area contributed by atoms with Gasteiger partial charge in [0, 0.05) is 24.5 Å². The van der Waals surface area contributed by atoms with Crippen molar-refractivity contribution >= 4 is 0 Å². The van der Waals surface area contributed by atoms with Gasteiger partial charge in [0.1, 0.15) is 0 Å². The van der Waals surface area contributed by atoms with Crippen LogP contribution in [0, 0.1) is 28.7 Å². The van der Waals surface area contributed by atoms with Crippen molar-refractivity contribution in [1.29, 1.82) is 0 Å². The number of nitrogens with zero attached hydrogens (tertiary/aromatic N) is 4. The molecule has 0 spiro atoms. The summed E-state index contributed by atoms with van der Waals surface area (Å²) in [5.41, 5.74) is 4.90. The van der Waals surface area contributed by atoms with Crippen LogP contribution in [0.3, 0.4) is 0 Å². The molecule has 0 unspecified atom stereocenters. The second kappa shape index (κ2) is 14.1. The molecule has 2 aliphatic heterocycles. The number of likely N-dealkylation sites (N-methyl/N-ethyl adjacent to an activating group) is 2. The maximum Gasteiger partial charge on any atom is 4.00 e. The van der Waals surface area contributed by atoms with Crippen LogP contribution in [0.5, 0.6) is 0 Å². The molecule has 2 saturated heterocycles. The van der Waals surface area contributed by atoms with E-state index in [1.165, 1.54) is 54.6 Å². The third-order valence-electron chi connectivity index (χ3n) is 6.50. The molecule has 0 saturated carbocycles. The molecule has 2 aliphatic rings. The second-order valence-electron chi connectivity index (χ2n) is 8.88. The van der Waals surface area contributed by atoms with E-state index in [9.17, 15) is 0 Å². The number of rotatable bonds is 3. The van der Waals surface area contributed by atoms with Gasteiger partial charge in [-0.2, -0.15) is 0 Å². The smallest absolute Gasteiger partial charge is 0.358 e. The Morgan fingerprint density at radius 2 is 1.06 bits per heavy atom. The summed E-state index contributed by atoms with van der Waals surface area (Å²) in [4.78, 5) is 14.5. The van der Waals surface area contributed by atoms with E-state index in [1.54, 1.807) is 0 Å². The van der Waals surface area contributed by atoms with Gasteiger partial charge in [0.2, 0.25) is 0 Å². The molecular formula is C27H44FeN4+2. The number of likely N-dealkylation sites (tertiary alicyclic amines) is 2. The largest absolute Gasteiger partial charge is 4.00 e. The van der Waals surface area contributed by atoms with Gasteiger partial charge in [-0.15, -0.1) is 0 Å². The fourth-order valence-electron chi connectivity index (χ4n) is 4.93. The van der Waals surface area contributed by atoms with Gasteiger partial charge in [-0.1, -0.05) is 32.4 Å². The monoisotopic (exact) mass is 480 g/mol. The maximum atomic E-state index is 4.70. The van der Waals surface area contributed by atoms with Crippen LogP contribution in [0.15, 0.2) is 36.7 Å². The van der Waals surface area contributed by atoms with Crippen LogP contribution in [0.2, 0.25) is 0 Å². The third-order valence-corrected chi connectivity index (χ3v) is 6.50. The van der Waals surface area contributed by atoms with E-state index in [-0.39, 0.29) is 31.9 Å². The summed E-state index contributed by atoms with van der Waals surface area (Å²) in [7, 11) is 4.57. The number of hydrogen-bond donors (Lipinski definition) is 0. The predicted octanol–water partition coefficient (Wildman–Crippen LogP) is 6.38. The van der Waals surface area contributed by atoms with Crippen molar-refractivity contribution in [3.8, 4) is 0 Å². The summed E-state index contributed by atoms with van der Waals surface area (Å²) in [5.74, 6) is 0. The first-order valence-corrected chi connectivity index (χ1v) is 11.2. The molecule has 0 aliphatic carbocycles. The van der Waals surface area contributed by atoms with E-state index in [2.05, 4.69) is 75.9 Å². The van der Waals surface area contributed by atoms with Crippen molar-refractivity contribution in [2.24, 2.45) is 0 Å². The SMILES string of the molecule is CCC.Cc1ccc([C@@H]2CC[C@H]([C@H]3CC[C@@H](c4ccc(C)cn4)N3C)N2C)nc1.[CH3-].[CH3-].[Fe+4]. The van der Waals surface area contributed by atoms with Gasteiger partial charge in [0.25, 0.3) is 0 Å². The van der Waals surface area contributed by atoms with Crippen LogP contribution in [0.25, 0.3) is 0 Å². The standard InChI is InChI=1S/C22H30N4.C3H8.2CH3.Fe/c1-15-5-7-17(23-13-15)19-9-11-21(25(19)3)22-12-10-20(26(22)4)18-8-6-16(2)14-24-18;1-3-2;;;/h5-8,13-14,19-22H,9-12H2,1-4H3;3H2,1-2H3;2*1H3;/q;;2*-1;+4/t19-,20-,21+,22+;;;;/m0..../s1. The molecule has 2 aromatic heterocycles. The molecule has 4 nitrogen and oxygen atoms in total. The van der Waals surface area contributed by atoms with Gasteiger partial charge < -0.3 is 14.9 Å². The Labute approximate surface area is 208 Å². The van der Waals surface area contributed by atoms with Crippen LogP contribution in [0.4, 0.5) is 0 Å². The van der Waals surface area contributed by atoms with Gasteiger partial charge in [0.05, 0.1) is 23.5 Å². The summed E-state index contributed by atoms with van der Waals surface area (Å²) in [5, 5.41) is 0. The third kappa shape index (κ3) is 6.87. The zero-order chi connectivity index (χ0) is 21.0. The Bertz CT molecular complexity index is 697. The average Bonchev–Trinajstić information content (AvgIpc) is 3.26. The summed E-state index contributed by atoms with van der Waals surface area (Å²) in [6.07, 6.45) is 10.2. The molecule has 178 valence electrons. The molecule has 0 radical (unpaired) electrons. The van der Waals surface area contributed by atoms with E-state index in [4.69, 9.17) is 9.97 Å². The minimum Gasteiger partial charge on any atom is -0.358 e. The Kier molecular flexibility index (Phi) is 13.5. The van der Waals surface area contributed by atoms with Crippen LogP contribution < -0.4 is 0 Å². The molecule has 0 N–H and O–H groups in total. The zero-order valence-electron chi connectivity index (χ0n) is 21.5. The first kappa shape index (κ1) is 30.7. The van der Waals surface area contributed by atoms with E-state index in [0.717, 1.165) is 0 Å². The molecule has 0 aromatic carbocycles. The average molecular weight is 481 g/mol. The van der Waals surface area contributed by atoms with Crippen molar-refractivity contribution in [2.75, 3.05) is 14.1 Å². The summed E-state index contributed by atoms with van der Waals surface area (Å²) in [6, 6.07) is 10.9. The van der Waals surface area contributed by atoms with Gasteiger partial charge in [-0.05, 0) is 76.9 Å². The molecule has 2 fully saturated rings. The Hall–Kier alpha value is -1.26. The molecule has 4 heterocycles. The molecule has 4 atom stereocenters. The normalized spacial score (nSPS) is 25.1. The van der Waals surface area contributed by atoms with Crippen molar-refractivity contribution < 1.29 is 17.1 Å². The fraction of sp³-hybridized carbons (Fsp3) is 0.556. The second-order valence-corrected chi connectivity index (χ2v) is 8.88. The fourth-order valence-corrected chi connectivity index (χ4v) is 4.93. The minimum absolute atomic E-state index is 0. The Morgan fingerprint density at radius 3 is 1.34 bits per heavy atom. The van der Waals surface area contributed by atoms with Gasteiger partial charge in [-0.3, -0.25) is 19.8 Å². The summed E-state index contributed by atoms with van der Waals surface area (Å²) >= 11 is 0. The molecule has 32 heavy (non-hydrogen) atoms. The van der Waals surface area contributed by atoms with Gasteiger partial charge in [-0.25, -0.2) is 0 Å². The van der Waals surface area contributed by atoms with Crippen molar-refractivity contribution in [2.45, 2.75) is 84.0 Å². The first-order chi connectivity index (χ1) is 14.0. The van der Waals surface area contributed by atoms with Crippen LogP contribution in [0.1, 0.15) is 80.6 Å². The minimum atomic E-state index is 0. The summed E-state index contributed by atoms with van der Waals surface area (Å²) in [6.45, 7) is 8.45. The van der Waals surface area contributed by atoms with E-state index < -0.39 is 0 Å².